The van der Waals surface area contributed by atoms with E-state index in [0.717, 1.165) is 28.6 Å². The zero-order valence-electron chi connectivity index (χ0n) is 15.5. The first kappa shape index (κ1) is 19.6. The second-order valence-electron chi connectivity index (χ2n) is 6.49. The van der Waals surface area contributed by atoms with E-state index in [1.54, 1.807) is 18.3 Å². The number of hydrogen-bond donors (Lipinski definition) is 2. The second kappa shape index (κ2) is 7.94. The number of nitrogens with one attached hydrogen (secondary N) is 2. The summed E-state index contributed by atoms with van der Waals surface area (Å²) >= 11 is 0. The van der Waals surface area contributed by atoms with Crippen molar-refractivity contribution >= 4 is 22.5 Å². The maximum Gasteiger partial charge on any atom is 0.416 e. The minimum absolute atomic E-state index is 0.0479. The Morgan fingerprint density at radius 3 is 2.67 bits per heavy atom. The molecule has 1 amide bonds. The van der Waals surface area contributed by atoms with Gasteiger partial charge in [0.1, 0.15) is 12.0 Å². The molecule has 2 aromatic carbocycles. The van der Waals surface area contributed by atoms with Crippen molar-refractivity contribution < 1.29 is 27.1 Å². The summed E-state index contributed by atoms with van der Waals surface area (Å²) < 4.78 is 48.6. The van der Waals surface area contributed by atoms with Crippen LogP contribution in [0.3, 0.4) is 0 Å². The van der Waals surface area contributed by atoms with Gasteiger partial charge in [0.25, 0.3) is 5.89 Å². The molecule has 9 heteroatoms. The average Bonchev–Trinajstić information content (AvgIpc) is 3.38. The smallest absolute Gasteiger partial charge is 0.416 e. The molecule has 0 radical (unpaired) electrons. The van der Waals surface area contributed by atoms with Gasteiger partial charge in [-0.15, -0.1) is 0 Å². The van der Waals surface area contributed by atoms with Crippen LogP contribution in [0.5, 0.6) is 5.75 Å². The third-order valence-electron chi connectivity index (χ3n) is 4.47. The third-order valence-corrected chi connectivity index (χ3v) is 4.47. The number of aromatic nitrogens is 2. The Hall–Kier alpha value is -3.75. The predicted octanol–water partition coefficient (Wildman–Crippen LogP) is 5.05. The van der Waals surface area contributed by atoms with E-state index in [0.29, 0.717) is 24.5 Å². The summed E-state index contributed by atoms with van der Waals surface area (Å²) in [5.74, 6) is 0.0449. The molecule has 30 heavy (non-hydrogen) atoms. The first-order valence-electron chi connectivity index (χ1n) is 9.01. The Labute approximate surface area is 168 Å². The second-order valence-corrected chi connectivity index (χ2v) is 6.49. The number of rotatable bonds is 6. The van der Waals surface area contributed by atoms with Crippen LogP contribution in [0, 0.1) is 0 Å². The highest BCUT2D eigenvalue weighted by molar-refractivity contribution is 6.07. The standard InChI is InChI=1S/C21H16F3N3O3/c22-21(23,24)14-3-1-13(2-4-14)7-9-29-15-5-6-17-16(11-15)18(12-26-17)27-19(28)20-25-8-10-30-20/h1-6,8,10-12,26H,7,9H2,(H,27,28). The zero-order chi connectivity index (χ0) is 21.1. The van der Waals surface area contributed by atoms with Gasteiger partial charge in [0.05, 0.1) is 24.1 Å². The van der Waals surface area contributed by atoms with Gasteiger partial charge in [0.2, 0.25) is 0 Å². The summed E-state index contributed by atoms with van der Waals surface area (Å²) in [6, 6.07) is 10.3. The van der Waals surface area contributed by atoms with E-state index in [4.69, 9.17) is 9.15 Å². The Morgan fingerprint density at radius 2 is 1.97 bits per heavy atom. The fraction of sp³-hybridized carbons (Fsp3) is 0.143. The Balaban J connectivity index is 1.40. The molecule has 4 rings (SSSR count). The zero-order valence-corrected chi connectivity index (χ0v) is 15.5. The number of oxazole rings is 1. The number of ether oxygens (including phenoxy) is 1. The number of amides is 1. The molecule has 154 valence electrons. The van der Waals surface area contributed by atoms with Gasteiger partial charge < -0.3 is 19.5 Å². The molecule has 0 fully saturated rings. The van der Waals surface area contributed by atoms with Gasteiger partial charge in [-0.05, 0) is 35.9 Å². The number of carbonyl (C=O) groups is 1. The Bertz CT molecular complexity index is 1150. The lowest BCUT2D eigenvalue weighted by molar-refractivity contribution is -0.137. The number of nitrogens with zero attached hydrogens (tertiary/aromatic N) is 1. The van der Waals surface area contributed by atoms with E-state index in [1.165, 1.54) is 24.6 Å². The van der Waals surface area contributed by atoms with Crippen LogP contribution >= 0.6 is 0 Å². The molecule has 2 heterocycles. The number of H-pyrrole nitrogens is 1. The molecule has 0 aliphatic rings. The van der Waals surface area contributed by atoms with Crippen LogP contribution in [0.2, 0.25) is 0 Å². The molecule has 2 aromatic heterocycles. The molecule has 0 bridgehead atoms. The fourth-order valence-electron chi connectivity index (χ4n) is 2.95. The molecule has 6 nitrogen and oxygen atoms in total. The van der Waals surface area contributed by atoms with E-state index < -0.39 is 17.6 Å². The molecule has 0 spiro atoms. The quantitative estimate of drug-likeness (QED) is 0.462. The van der Waals surface area contributed by atoms with Crippen molar-refractivity contribution in [2.24, 2.45) is 0 Å². The van der Waals surface area contributed by atoms with Gasteiger partial charge in [0.15, 0.2) is 0 Å². The number of halogens is 3. The van der Waals surface area contributed by atoms with Crippen molar-refractivity contribution in [2.45, 2.75) is 12.6 Å². The number of fused-ring (bicyclic) bond motifs is 1. The normalized spacial score (nSPS) is 11.6. The molecule has 0 aliphatic heterocycles. The molecule has 0 saturated heterocycles. The number of alkyl halides is 3. The van der Waals surface area contributed by atoms with Crippen LogP contribution in [0.4, 0.5) is 18.9 Å². The number of anilines is 1. The van der Waals surface area contributed by atoms with Crippen LogP contribution in [0.1, 0.15) is 21.8 Å². The minimum Gasteiger partial charge on any atom is -0.493 e. The largest absolute Gasteiger partial charge is 0.493 e. The van der Waals surface area contributed by atoms with E-state index >= 15 is 0 Å². The number of carbonyl (C=O) groups excluding carboxylic acids is 1. The molecule has 0 unspecified atom stereocenters. The summed E-state index contributed by atoms with van der Waals surface area (Å²) in [5.41, 5.74) is 1.41. The molecular weight excluding hydrogens is 399 g/mol. The van der Waals surface area contributed by atoms with Crippen LogP contribution in [-0.2, 0) is 12.6 Å². The molecule has 2 N–H and O–H groups in total. The summed E-state index contributed by atoms with van der Waals surface area (Å²) in [5, 5.41) is 3.46. The van der Waals surface area contributed by atoms with Crippen molar-refractivity contribution in [2.75, 3.05) is 11.9 Å². The van der Waals surface area contributed by atoms with E-state index in [9.17, 15) is 18.0 Å². The van der Waals surface area contributed by atoms with Gasteiger partial charge in [0, 0.05) is 23.5 Å². The molecule has 0 atom stereocenters. The summed E-state index contributed by atoms with van der Waals surface area (Å²) in [7, 11) is 0. The molecule has 0 aliphatic carbocycles. The Kier molecular flexibility index (Phi) is 5.18. The predicted molar refractivity (Wildman–Crippen MR) is 103 cm³/mol. The summed E-state index contributed by atoms with van der Waals surface area (Å²) in [4.78, 5) is 19.0. The lowest BCUT2D eigenvalue weighted by Gasteiger charge is -2.09. The van der Waals surface area contributed by atoms with Crippen LogP contribution < -0.4 is 10.1 Å². The summed E-state index contributed by atoms with van der Waals surface area (Å²) in [6.07, 6.45) is 0.454. The van der Waals surface area contributed by atoms with Crippen LogP contribution in [0.15, 0.2) is 65.5 Å². The molecule has 0 saturated carbocycles. The van der Waals surface area contributed by atoms with Gasteiger partial charge >= 0.3 is 12.1 Å². The van der Waals surface area contributed by atoms with Gasteiger partial charge in [-0.3, -0.25) is 4.79 Å². The third kappa shape index (κ3) is 4.29. The van der Waals surface area contributed by atoms with Crippen molar-refractivity contribution in [3.8, 4) is 5.75 Å². The lowest BCUT2D eigenvalue weighted by Crippen LogP contribution is -2.11. The monoisotopic (exact) mass is 415 g/mol. The van der Waals surface area contributed by atoms with Crippen molar-refractivity contribution in [3.63, 3.8) is 0 Å². The van der Waals surface area contributed by atoms with Crippen molar-refractivity contribution in [1.82, 2.24) is 9.97 Å². The average molecular weight is 415 g/mol. The SMILES string of the molecule is O=C(Nc1c[nH]c2ccc(OCCc3ccc(C(F)(F)F)cc3)cc12)c1ncco1. The summed E-state index contributed by atoms with van der Waals surface area (Å²) in [6.45, 7) is 0.291. The van der Waals surface area contributed by atoms with E-state index in [-0.39, 0.29) is 5.89 Å². The van der Waals surface area contributed by atoms with Crippen molar-refractivity contribution in [3.05, 3.63) is 78.1 Å². The molecule has 4 aromatic rings. The first-order valence-corrected chi connectivity index (χ1v) is 9.01. The van der Waals surface area contributed by atoms with Crippen LogP contribution in [-0.4, -0.2) is 22.5 Å². The van der Waals surface area contributed by atoms with Crippen LogP contribution in [0.25, 0.3) is 10.9 Å². The van der Waals surface area contributed by atoms with Gasteiger partial charge in [-0.1, -0.05) is 12.1 Å². The number of hydrogen-bond acceptors (Lipinski definition) is 4. The van der Waals surface area contributed by atoms with Crippen molar-refractivity contribution in [1.29, 1.82) is 0 Å². The fourth-order valence-corrected chi connectivity index (χ4v) is 2.95. The minimum atomic E-state index is -4.35. The first-order chi connectivity index (χ1) is 14.4. The topological polar surface area (TPSA) is 80.2 Å². The Morgan fingerprint density at radius 1 is 1.17 bits per heavy atom. The maximum atomic E-state index is 12.6. The number of benzene rings is 2. The number of aromatic amines is 1. The molecular formula is C21H16F3N3O3. The van der Waals surface area contributed by atoms with Gasteiger partial charge in [-0.2, -0.15) is 13.2 Å². The van der Waals surface area contributed by atoms with E-state index in [1.807, 2.05) is 6.07 Å². The lowest BCUT2D eigenvalue weighted by atomic mass is 10.1. The highest BCUT2D eigenvalue weighted by Gasteiger charge is 2.29. The van der Waals surface area contributed by atoms with E-state index in [2.05, 4.69) is 15.3 Å². The van der Waals surface area contributed by atoms with Gasteiger partial charge in [-0.25, -0.2) is 4.98 Å². The maximum absolute atomic E-state index is 12.6. The highest BCUT2D eigenvalue weighted by atomic mass is 19.4. The highest BCUT2D eigenvalue weighted by Crippen LogP contribution is 2.30.